The van der Waals surface area contributed by atoms with E-state index in [0.29, 0.717) is 18.4 Å². The number of rotatable bonds is 10. The van der Waals surface area contributed by atoms with E-state index in [0.717, 1.165) is 31.7 Å². The van der Waals surface area contributed by atoms with Crippen LogP contribution in [0.25, 0.3) is 0 Å². The minimum absolute atomic E-state index is 0.347. The highest BCUT2D eigenvalue weighted by molar-refractivity contribution is 5.59. The molecule has 0 amide bonds. The SMILES string of the molecule is CCCC[N+]1=CC(CN(C)CCNC)C(c2ccc(CC#N)cc2)N1C. The molecule has 0 spiro atoms. The molecule has 2 unspecified atom stereocenters. The molecule has 5 nitrogen and oxygen atoms in total. The van der Waals surface area contributed by atoms with E-state index in [4.69, 9.17) is 5.26 Å². The van der Waals surface area contributed by atoms with Crippen LogP contribution in [0, 0.1) is 17.2 Å². The molecule has 26 heavy (non-hydrogen) atoms. The van der Waals surface area contributed by atoms with Crippen LogP contribution < -0.4 is 5.32 Å². The zero-order chi connectivity index (χ0) is 18.9. The molecule has 0 radical (unpaired) electrons. The Balaban J connectivity index is 2.17. The minimum Gasteiger partial charge on any atom is -0.318 e. The highest BCUT2D eigenvalue weighted by Crippen LogP contribution is 2.32. The minimum atomic E-state index is 0.347. The molecule has 1 aromatic rings. The molecule has 0 aromatic heterocycles. The van der Waals surface area contributed by atoms with Gasteiger partial charge in [0.1, 0.15) is 6.04 Å². The van der Waals surface area contributed by atoms with Gasteiger partial charge in [0.15, 0.2) is 12.8 Å². The van der Waals surface area contributed by atoms with E-state index < -0.39 is 0 Å². The Labute approximate surface area is 158 Å². The fourth-order valence-electron chi connectivity index (χ4n) is 3.68. The molecule has 0 bridgehead atoms. The Morgan fingerprint density at radius 3 is 2.65 bits per heavy atom. The summed E-state index contributed by atoms with van der Waals surface area (Å²) in [6, 6.07) is 11.2. The summed E-state index contributed by atoms with van der Waals surface area (Å²) in [6.07, 6.45) is 5.31. The summed E-state index contributed by atoms with van der Waals surface area (Å²) < 4.78 is 2.40. The molecule has 2 atom stereocenters. The molecule has 1 heterocycles. The van der Waals surface area contributed by atoms with Crippen molar-refractivity contribution in [3.8, 4) is 6.07 Å². The van der Waals surface area contributed by atoms with Crippen molar-refractivity contribution >= 4 is 6.21 Å². The summed E-state index contributed by atoms with van der Waals surface area (Å²) in [5.41, 5.74) is 2.42. The summed E-state index contributed by atoms with van der Waals surface area (Å²) in [5.74, 6) is 0.459. The van der Waals surface area contributed by atoms with Crippen LogP contribution in [0.1, 0.15) is 36.9 Å². The van der Waals surface area contributed by atoms with Crippen LogP contribution in [-0.2, 0) is 6.42 Å². The second-order valence-corrected chi connectivity index (χ2v) is 7.29. The van der Waals surface area contributed by atoms with Crippen molar-refractivity contribution < 1.29 is 4.68 Å². The van der Waals surface area contributed by atoms with Gasteiger partial charge in [0.2, 0.25) is 0 Å². The molecule has 5 heteroatoms. The van der Waals surface area contributed by atoms with Crippen molar-refractivity contribution in [2.24, 2.45) is 5.92 Å². The number of hydrazine groups is 1. The maximum absolute atomic E-state index is 8.89. The molecule has 0 saturated carbocycles. The predicted molar refractivity (Wildman–Crippen MR) is 107 cm³/mol. The predicted octanol–water partition coefficient (Wildman–Crippen LogP) is 2.30. The Morgan fingerprint density at radius 1 is 1.31 bits per heavy atom. The quantitative estimate of drug-likeness (QED) is 0.654. The van der Waals surface area contributed by atoms with Crippen LogP contribution >= 0.6 is 0 Å². The number of nitrogens with zero attached hydrogens (tertiary/aromatic N) is 4. The van der Waals surface area contributed by atoms with Gasteiger partial charge in [-0.05, 0) is 25.2 Å². The van der Waals surface area contributed by atoms with E-state index in [9.17, 15) is 0 Å². The smallest absolute Gasteiger partial charge is 0.177 e. The summed E-state index contributed by atoms with van der Waals surface area (Å²) in [6.45, 7) is 6.41. The highest BCUT2D eigenvalue weighted by atomic mass is 15.6. The monoisotopic (exact) mass is 356 g/mol. The lowest BCUT2D eigenvalue weighted by Gasteiger charge is -2.26. The molecule has 1 aromatic carbocycles. The Bertz CT molecular complexity index is 616. The largest absolute Gasteiger partial charge is 0.318 e. The Morgan fingerprint density at radius 2 is 2.04 bits per heavy atom. The lowest BCUT2D eigenvalue weighted by molar-refractivity contribution is -0.680. The molecular formula is C21H34N5+. The zero-order valence-corrected chi connectivity index (χ0v) is 16.8. The Hall–Kier alpha value is -1.90. The van der Waals surface area contributed by atoms with Crippen LogP contribution in [0.3, 0.4) is 0 Å². The van der Waals surface area contributed by atoms with E-state index in [1.54, 1.807) is 0 Å². The zero-order valence-electron chi connectivity index (χ0n) is 16.8. The van der Waals surface area contributed by atoms with Crippen LogP contribution in [0.2, 0.25) is 0 Å². The van der Waals surface area contributed by atoms with E-state index >= 15 is 0 Å². The number of benzene rings is 1. The van der Waals surface area contributed by atoms with Crippen molar-refractivity contribution in [3.05, 3.63) is 35.4 Å². The standard InChI is InChI=1S/C21H34N5/c1-5-6-14-26-17-20(16-24(3)15-13-23-2)21(25(26)4)19-9-7-18(8-10-19)11-12-22/h7-10,17,20-21,23H,5-6,11,13-16H2,1-4H3/q+1. The van der Waals surface area contributed by atoms with Crippen molar-refractivity contribution in [1.82, 2.24) is 15.2 Å². The van der Waals surface area contributed by atoms with Gasteiger partial charge in [0, 0.05) is 26.1 Å². The first-order chi connectivity index (χ1) is 12.6. The second kappa shape index (κ2) is 10.3. The van der Waals surface area contributed by atoms with E-state index in [1.165, 1.54) is 18.4 Å². The van der Waals surface area contributed by atoms with Gasteiger partial charge in [0.25, 0.3) is 0 Å². The first-order valence-corrected chi connectivity index (χ1v) is 9.74. The third-order valence-corrected chi connectivity index (χ3v) is 5.19. The van der Waals surface area contributed by atoms with E-state index in [-0.39, 0.29) is 0 Å². The number of unbranched alkanes of at least 4 members (excludes halogenated alkanes) is 1. The summed E-state index contributed by atoms with van der Waals surface area (Å²) in [5, 5.41) is 14.5. The molecule has 1 aliphatic heterocycles. The normalized spacial score (nSPS) is 19.7. The maximum Gasteiger partial charge on any atom is 0.177 e. The summed E-state index contributed by atoms with van der Waals surface area (Å²) >= 11 is 0. The molecule has 2 rings (SSSR count). The average Bonchev–Trinajstić information content (AvgIpc) is 2.94. The second-order valence-electron chi connectivity index (χ2n) is 7.29. The van der Waals surface area contributed by atoms with Gasteiger partial charge < -0.3 is 10.2 Å². The van der Waals surface area contributed by atoms with Crippen LogP contribution in [0.5, 0.6) is 0 Å². The molecule has 142 valence electrons. The number of likely N-dealkylation sites (N-methyl/N-ethyl adjacent to an activating group) is 2. The van der Waals surface area contributed by atoms with Crippen LogP contribution in [0.15, 0.2) is 24.3 Å². The fourth-order valence-corrected chi connectivity index (χ4v) is 3.68. The molecule has 1 aliphatic rings. The van der Waals surface area contributed by atoms with Crippen molar-refractivity contribution in [2.45, 2.75) is 32.2 Å². The van der Waals surface area contributed by atoms with Gasteiger partial charge in [-0.15, -0.1) is 4.68 Å². The first-order valence-electron chi connectivity index (χ1n) is 9.74. The van der Waals surface area contributed by atoms with Gasteiger partial charge in [-0.3, -0.25) is 0 Å². The lowest BCUT2D eigenvalue weighted by Crippen LogP contribution is -2.36. The average molecular weight is 357 g/mol. The number of nitrogens with one attached hydrogen (secondary N) is 1. The molecular weight excluding hydrogens is 322 g/mol. The number of hydrogen-bond donors (Lipinski definition) is 1. The molecule has 0 fully saturated rings. The summed E-state index contributed by atoms with van der Waals surface area (Å²) in [7, 11) is 6.40. The third kappa shape index (κ3) is 5.30. The highest BCUT2D eigenvalue weighted by Gasteiger charge is 2.39. The van der Waals surface area contributed by atoms with Crippen molar-refractivity contribution in [2.75, 3.05) is 47.3 Å². The van der Waals surface area contributed by atoms with Gasteiger partial charge >= 0.3 is 0 Å². The molecule has 0 aliphatic carbocycles. The first kappa shape index (κ1) is 20.4. The summed E-state index contributed by atoms with van der Waals surface area (Å²) in [4.78, 5) is 2.41. The maximum atomic E-state index is 8.89. The number of hydrogen-bond acceptors (Lipinski definition) is 4. The van der Waals surface area contributed by atoms with Crippen molar-refractivity contribution in [3.63, 3.8) is 0 Å². The van der Waals surface area contributed by atoms with Crippen LogP contribution in [-0.4, -0.2) is 68.1 Å². The van der Waals surface area contributed by atoms with Gasteiger partial charge in [-0.1, -0.05) is 37.6 Å². The Kier molecular flexibility index (Phi) is 8.08. The topological polar surface area (TPSA) is 45.3 Å². The van der Waals surface area contributed by atoms with Crippen molar-refractivity contribution in [1.29, 1.82) is 5.26 Å². The van der Waals surface area contributed by atoms with E-state index in [2.05, 4.69) is 77.5 Å². The fraction of sp³-hybridized carbons (Fsp3) is 0.619. The van der Waals surface area contributed by atoms with E-state index in [1.807, 2.05) is 7.05 Å². The van der Waals surface area contributed by atoms with Gasteiger partial charge in [-0.25, -0.2) is 0 Å². The van der Waals surface area contributed by atoms with Gasteiger partial charge in [-0.2, -0.15) is 10.3 Å². The van der Waals surface area contributed by atoms with Crippen LogP contribution in [0.4, 0.5) is 0 Å². The lowest BCUT2D eigenvalue weighted by atomic mass is 9.93. The molecule has 1 N–H and O–H groups in total. The molecule has 0 saturated heterocycles. The number of nitriles is 1. The van der Waals surface area contributed by atoms with Gasteiger partial charge in [0.05, 0.1) is 25.5 Å². The number of hydrazone groups is 1. The third-order valence-electron chi connectivity index (χ3n) is 5.19.